The first-order valence-electron chi connectivity index (χ1n) is 5.77. The van der Waals surface area contributed by atoms with Crippen LogP contribution in [0.3, 0.4) is 0 Å². The smallest absolute Gasteiger partial charge is 0.266 e. The quantitative estimate of drug-likeness (QED) is 0.723. The van der Waals surface area contributed by atoms with Crippen molar-refractivity contribution < 1.29 is 0 Å². The van der Waals surface area contributed by atoms with Crippen LogP contribution in [0.5, 0.6) is 0 Å². The summed E-state index contributed by atoms with van der Waals surface area (Å²) < 4.78 is 0. The monoisotopic (exact) mass is 224 g/mol. The van der Waals surface area contributed by atoms with Crippen molar-refractivity contribution in [1.29, 1.82) is 0 Å². The van der Waals surface area contributed by atoms with Crippen molar-refractivity contribution in [3.8, 4) is 0 Å². The van der Waals surface area contributed by atoms with Crippen LogP contribution >= 0.6 is 0 Å². The van der Waals surface area contributed by atoms with E-state index in [0.717, 1.165) is 31.9 Å². The summed E-state index contributed by atoms with van der Waals surface area (Å²) in [5.41, 5.74) is 0.599. The first kappa shape index (κ1) is 12.7. The second-order valence-corrected chi connectivity index (χ2v) is 3.69. The lowest BCUT2D eigenvalue weighted by atomic mass is 10.4. The minimum absolute atomic E-state index is 0.175. The summed E-state index contributed by atoms with van der Waals surface area (Å²) in [6.45, 7) is 8.33. The zero-order chi connectivity index (χ0) is 11.8. The fraction of sp³-hybridized carbons (Fsp3) is 0.636. The molecule has 1 rings (SSSR count). The Balaban J connectivity index is 2.32. The number of H-pyrrole nitrogens is 1. The van der Waals surface area contributed by atoms with Crippen LogP contribution < -0.4 is 10.9 Å². The lowest BCUT2D eigenvalue weighted by Crippen LogP contribution is -2.29. The number of aromatic nitrogens is 2. The molecule has 0 atom stereocenters. The predicted octanol–water partition coefficient (Wildman–Crippen LogP) is 0.914. The van der Waals surface area contributed by atoms with E-state index < -0.39 is 0 Å². The molecule has 0 aliphatic rings. The van der Waals surface area contributed by atoms with E-state index in [-0.39, 0.29) is 5.56 Å². The SMILES string of the molecule is CCCN(CC)CCNc1cn[nH]c(=O)c1. The van der Waals surface area contributed by atoms with Crippen molar-refractivity contribution in [2.24, 2.45) is 0 Å². The maximum Gasteiger partial charge on any atom is 0.266 e. The minimum Gasteiger partial charge on any atom is -0.382 e. The second kappa shape index (κ2) is 7.00. The Morgan fingerprint density at radius 2 is 2.25 bits per heavy atom. The van der Waals surface area contributed by atoms with Gasteiger partial charge in [0.05, 0.1) is 11.9 Å². The number of hydrogen-bond donors (Lipinski definition) is 2. The zero-order valence-corrected chi connectivity index (χ0v) is 9.99. The topological polar surface area (TPSA) is 61.0 Å². The fourth-order valence-corrected chi connectivity index (χ4v) is 1.58. The van der Waals surface area contributed by atoms with Gasteiger partial charge in [-0.15, -0.1) is 0 Å². The number of nitrogens with zero attached hydrogens (tertiary/aromatic N) is 2. The highest BCUT2D eigenvalue weighted by molar-refractivity contribution is 5.38. The van der Waals surface area contributed by atoms with E-state index in [2.05, 4.69) is 34.3 Å². The second-order valence-electron chi connectivity index (χ2n) is 3.69. The van der Waals surface area contributed by atoms with E-state index >= 15 is 0 Å². The number of likely N-dealkylation sites (N-methyl/N-ethyl adjacent to an activating group) is 1. The molecule has 0 spiro atoms. The Bertz CT molecular complexity index is 350. The molecule has 0 saturated heterocycles. The summed E-state index contributed by atoms with van der Waals surface area (Å²) in [4.78, 5) is 13.3. The van der Waals surface area contributed by atoms with E-state index in [0.29, 0.717) is 0 Å². The standard InChI is InChI=1S/C11H20N4O/c1-3-6-15(4-2)7-5-12-10-8-11(16)14-13-9-10/h8-9H,3-7H2,1-2H3,(H2,12,14,16). The van der Waals surface area contributed by atoms with E-state index in [1.807, 2.05) is 0 Å². The first-order chi connectivity index (χ1) is 7.76. The molecule has 1 aromatic heterocycles. The Kier molecular flexibility index (Phi) is 5.56. The summed E-state index contributed by atoms with van der Waals surface area (Å²) in [5.74, 6) is 0. The summed E-state index contributed by atoms with van der Waals surface area (Å²) in [5, 5.41) is 9.26. The molecule has 0 unspecified atom stereocenters. The Hall–Kier alpha value is -1.36. The highest BCUT2D eigenvalue weighted by Gasteiger charge is 2.00. The van der Waals surface area contributed by atoms with Gasteiger partial charge in [-0.3, -0.25) is 4.79 Å². The molecule has 0 bridgehead atoms. The molecular weight excluding hydrogens is 204 g/mol. The number of aromatic amines is 1. The minimum atomic E-state index is -0.175. The van der Waals surface area contributed by atoms with Gasteiger partial charge in [0.25, 0.3) is 5.56 Å². The van der Waals surface area contributed by atoms with Crippen molar-refractivity contribution >= 4 is 5.69 Å². The largest absolute Gasteiger partial charge is 0.382 e. The normalized spacial score (nSPS) is 10.7. The van der Waals surface area contributed by atoms with Gasteiger partial charge >= 0.3 is 0 Å². The van der Waals surface area contributed by atoms with E-state index in [1.54, 1.807) is 6.20 Å². The van der Waals surface area contributed by atoms with Crippen LogP contribution in [0.2, 0.25) is 0 Å². The maximum atomic E-state index is 11.0. The average molecular weight is 224 g/mol. The summed E-state index contributed by atoms with van der Waals surface area (Å²) >= 11 is 0. The van der Waals surface area contributed by atoms with Gasteiger partial charge in [0, 0.05) is 19.2 Å². The zero-order valence-electron chi connectivity index (χ0n) is 9.99. The van der Waals surface area contributed by atoms with Crippen LogP contribution in [0.4, 0.5) is 5.69 Å². The fourth-order valence-electron chi connectivity index (χ4n) is 1.58. The maximum absolute atomic E-state index is 11.0. The Morgan fingerprint density at radius 1 is 1.44 bits per heavy atom. The summed E-state index contributed by atoms with van der Waals surface area (Å²) in [7, 11) is 0. The molecule has 0 aromatic carbocycles. The van der Waals surface area contributed by atoms with Crippen LogP contribution in [-0.4, -0.2) is 41.3 Å². The molecule has 16 heavy (non-hydrogen) atoms. The van der Waals surface area contributed by atoms with Gasteiger partial charge in [0.1, 0.15) is 0 Å². The van der Waals surface area contributed by atoms with E-state index in [1.165, 1.54) is 12.5 Å². The van der Waals surface area contributed by atoms with Crippen LogP contribution in [0, 0.1) is 0 Å². The van der Waals surface area contributed by atoms with Crippen LogP contribution in [0.15, 0.2) is 17.1 Å². The molecule has 0 aliphatic heterocycles. The van der Waals surface area contributed by atoms with E-state index in [4.69, 9.17) is 0 Å². The lowest BCUT2D eigenvalue weighted by Gasteiger charge is -2.19. The molecule has 2 N–H and O–H groups in total. The molecule has 5 heteroatoms. The van der Waals surface area contributed by atoms with Crippen LogP contribution in [0.25, 0.3) is 0 Å². The first-order valence-corrected chi connectivity index (χ1v) is 5.77. The van der Waals surface area contributed by atoms with Crippen LogP contribution in [-0.2, 0) is 0 Å². The highest BCUT2D eigenvalue weighted by atomic mass is 16.1. The van der Waals surface area contributed by atoms with Gasteiger partial charge in [-0.2, -0.15) is 5.10 Å². The third kappa shape index (κ3) is 4.44. The Morgan fingerprint density at radius 3 is 2.88 bits per heavy atom. The third-order valence-electron chi connectivity index (χ3n) is 2.41. The third-order valence-corrected chi connectivity index (χ3v) is 2.41. The van der Waals surface area contributed by atoms with Gasteiger partial charge in [0.15, 0.2) is 0 Å². The van der Waals surface area contributed by atoms with Crippen molar-refractivity contribution in [2.75, 3.05) is 31.5 Å². The average Bonchev–Trinajstić information content (AvgIpc) is 2.28. The number of hydrogen-bond acceptors (Lipinski definition) is 4. The molecule has 1 aromatic rings. The number of anilines is 1. The van der Waals surface area contributed by atoms with Gasteiger partial charge in [0.2, 0.25) is 0 Å². The number of rotatable bonds is 7. The lowest BCUT2D eigenvalue weighted by molar-refractivity contribution is 0.300. The van der Waals surface area contributed by atoms with Crippen LogP contribution in [0.1, 0.15) is 20.3 Å². The van der Waals surface area contributed by atoms with Crippen molar-refractivity contribution in [3.63, 3.8) is 0 Å². The van der Waals surface area contributed by atoms with E-state index in [9.17, 15) is 4.79 Å². The van der Waals surface area contributed by atoms with Gasteiger partial charge in [-0.25, -0.2) is 5.10 Å². The Labute approximate surface area is 95.9 Å². The summed E-state index contributed by atoms with van der Waals surface area (Å²) in [6.07, 6.45) is 2.79. The molecule has 0 radical (unpaired) electrons. The molecule has 90 valence electrons. The van der Waals surface area contributed by atoms with Gasteiger partial charge < -0.3 is 10.2 Å². The van der Waals surface area contributed by atoms with Crippen molar-refractivity contribution in [2.45, 2.75) is 20.3 Å². The molecule has 0 fully saturated rings. The highest BCUT2D eigenvalue weighted by Crippen LogP contribution is 1.98. The molecule has 0 aliphatic carbocycles. The van der Waals surface area contributed by atoms with Crippen molar-refractivity contribution in [3.05, 3.63) is 22.6 Å². The molecular formula is C11H20N4O. The molecule has 1 heterocycles. The molecule has 0 amide bonds. The molecule has 0 saturated carbocycles. The van der Waals surface area contributed by atoms with Gasteiger partial charge in [-0.05, 0) is 19.5 Å². The van der Waals surface area contributed by atoms with Gasteiger partial charge in [-0.1, -0.05) is 13.8 Å². The predicted molar refractivity (Wildman–Crippen MR) is 65.8 cm³/mol. The molecule has 5 nitrogen and oxygen atoms in total. The van der Waals surface area contributed by atoms with Crippen molar-refractivity contribution in [1.82, 2.24) is 15.1 Å². The number of nitrogens with one attached hydrogen (secondary N) is 2. The summed E-state index contributed by atoms with van der Waals surface area (Å²) in [6, 6.07) is 1.52.